The Morgan fingerprint density at radius 2 is 2.17 bits per heavy atom. The van der Waals surface area contributed by atoms with Crippen LogP contribution in [0.1, 0.15) is 0 Å². The number of rotatable bonds is 1. The van der Waals surface area contributed by atoms with Crippen LogP contribution in [0.3, 0.4) is 0 Å². The van der Waals surface area contributed by atoms with Gasteiger partial charge in [0.2, 0.25) is 0 Å². The van der Waals surface area contributed by atoms with Gasteiger partial charge in [0.1, 0.15) is 0 Å². The smallest absolute Gasteiger partial charge is 0.0599 e. The Hall–Kier alpha value is 0.170. The van der Waals surface area contributed by atoms with Crippen LogP contribution in [0.4, 0.5) is 0 Å². The highest BCUT2D eigenvalue weighted by atomic mass is 79.9. The second kappa shape index (κ2) is 3.50. The molecule has 0 spiro atoms. The van der Waals surface area contributed by atoms with Crippen molar-refractivity contribution in [2.24, 2.45) is 0 Å². The Morgan fingerprint density at radius 1 is 1.33 bits per heavy atom. The maximum absolute atomic E-state index is 6.00. The first-order chi connectivity index (χ1) is 5.79. The summed E-state index contributed by atoms with van der Waals surface area (Å²) >= 11 is 12.8. The van der Waals surface area contributed by atoms with E-state index in [1.165, 1.54) is 4.88 Å². The van der Waals surface area contributed by atoms with Crippen LogP contribution in [-0.4, -0.2) is 0 Å². The maximum Gasteiger partial charge on any atom is 0.0599 e. The normalized spacial score (nSPS) is 10.5. The number of thiophene rings is 2. The number of hydrogen-bond acceptors (Lipinski definition) is 2. The highest BCUT2D eigenvalue weighted by Crippen LogP contribution is 2.39. The van der Waals surface area contributed by atoms with Crippen molar-refractivity contribution < 1.29 is 0 Å². The monoisotopic (exact) mass is 278 g/mol. The predicted molar refractivity (Wildman–Crippen MR) is 60.3 cm³/mol. The summed E-state index contributed by atoms with van der Waals surface area (Å²) in [5.74, 6) is 0. The van der Waals surface area contributed by atoms with E-state index >= 15 is 0 Å². The van der Waals surface area contributed by atoms with Gasteiger partial charge in [0.05, 0.1) is 9.90 Å². The highest BCUT2D eigenvalue weighted by Gasteiger charge is 2.08. The summed E-state index contributed by atoms with van der Waals surface area (Å²) in [6.07, 6.45) is 0. The topological polar surface area (TPSA) is 0 Å². The summed E-state index contributed by atoms with van der Waals surface area (Å²) in [4.78, 5) is 1.21. The summed E-state index contributed by atoms with van der Waals surface area (Å²) in [6, 6.07) is 2.04. The Kier molecular flexibility index (Phi) is 2.55. The molecule has 0 saturated heterocycles. The summed E-state index contributed by atoms with van der Waals surface area (Å²) < 4.78 is 1.12. The molecule has 2 heterocycles. The first-order valence-electron chi connectivity index (χ1n) is 3.24. The van der Waals surface area contributed by atoms with Crippen molar-refractivity contribution in [3.05, 3.63) is 31.7 Å². The van der Waals surface area contributed by atoms with Crippen LogP contribution in [0.5, 0.6) is 0 Å². The molecule has 0 aliphatic heterocycles. The zero-order valence-corrected chi connectivity index (χ0v) is 9.86. The van der Waals surface area contributed by atoms with Gasteiger partial charge in [0.25, 0.3) is 0 Å². The molecule has 0 atom stereocenters. The van der Waals surface area contributed by atoms with Gasteiger partial charge < -0.3 is 0 Å². The lowest BCUT2D eigenvalue weighted by atomic mass is 10.3. The summed E-state index contributed by atoms with van der Waals surface area (Å²) in [5.41, 5.74) is 1.13. The first-order valence-corrected chi connectivity index (χ1v) is 6.23. The lowest BCUT2D eigenvalue weighted by Gasteiger charge is -1.93. The Balaban J connectivity index is 2.57. The summed E-state index contributed by atoms with van der Waals surface area (Å²) in [5, 5.41) is 6.90. The third-order valence-electron chi connectivity index (χ3n) is 1.48. The van der Waals surface area contributed by atoms with Crippen LogP contribution >= 0.6 is 50.2 Å². The molecule has 2 rings (SSSR count). The second-order valence-electron chi connectivity index (χ2n) is 2.23. The van der Waals surface area contributed by atoms with Gasteiger partial charge in [-0.25, -0.2) is 0 Å². The van der Waals surface area contributed by atoms with Crippen LogP contribution in [0.2, 0.25) is 5.02 Å². The molecule has 2 aromatic heterocycles. The van der Waals surface area contributed by atoms with Crippen LogP contribution in [0.25, 0.3) is 10.4 Å². The van der Waals surface area contributed by atoms with Gasteiger partial charge in [-0.2, -0.15) is 11.3 Å². The van der Waals surface area contributed by atoms with E-state index in [0.717, 1.165) is 15.1 Å². The molecule has 0 nitrogen and oxygen atoms in total. The predicted octanol–water partition coefficient (Wildman–Crippen LogP) is 4.89. The van der Waals surface area contributed by atoms with Gasteiger partial charge in [0.15, 0.2) is 0 Å². The van der Waals surface area contributed by atoms with Gasteiger partial charge in [-0.05, 0) is 27.4 Å². The van der Waals surface area contributed by atoms with E-state index in [1.807, 2.05) is 16.8 Å². The fourth-order valence-corrected chi connectivity index (χ4v) is 3.74. The molecule has 0 bridgehead atoms. The summed E-state index contributed by atoms with van der Waals surface area (Å²) in [7, 11) is 0. The van der Waals surface area contributed by atoms with E-state index in [-0.39, 0.29) is 0 Å². The molecule has 62 valence electrons. The van der Waals surface area contributed by atoms with E-state index in [4.69, 9.17) is 11.6 Å². The minimum Gasteiger partial charge on any atom is -0.150 e. The SMILES string of the molecule is Clc1cscc1-c1sccc1Br. The van der Waals surface area contributed by atoms with Crippen LogP contribution < -0.4 is 0 Å². The van der Waals surface area contributed by atoms with E-state index in [1.54, 1.807) is 22.7 Å². The Labute approximate surface area is 91.9 Å². The summed E-state index contributed by atoms with van der Waals surface area (Å²) in [6.45, 7) is 0. The zero-order valence-electron chi connectivity index (χ0n) is 5.88. The maximum atomic E-state index is 6.00. The molecule has 0 aliphatic rings. The van der Waals surface area contributed by atoms with E-state index in [2.05, 4.69) is 21.3 Å². The molecule has 0 aromatic carbocycles. The van der Waals surface area contributed by atoms with E-state index in [0.29, 0.717) is 0 Å². The quantitative estimate of drug-likeness (QED) is 0.697. The third-order valence-corrected chi connectivity index (χ3v) is 4.53. The van der Waals surface area contributed by atoms with Crippen LogP contribution in [0.15, 0.2) is 26.7 Å². The molecule has 0 radical (unpaired) electrons. The molecule has 4 heteroatoms. The van der Waals surface area contributed by atoms with Crippen molar-refractivity contribution in [3.8, 4) is 10.4 Å². The molecule has 0 fully saturated rings. The molecule has 0 amide bonds. The number of halogens is 2. The zero-order chi connectivity index (χ0) is 8.55. The van der Waals surface area contributed by atoms with Gasteiger partial charge in [-0.3, -0.25) is 0 Å². The first kappa shape index (κ1) is 8.75. The third kappa shape index (κ3) is 1.46. The molecular weight excluding hydrogens is 276 g/mol. The number of hydrogen-bond donors (Lipinski definition) is 0. The molecular formula is C8H4BrClS2. The molecule has 2 aromatic rings. The van der Waals surface area contributed by atoms with E-state index in [9.17, 15) is 0 Å². The van der Waals surface area contributed by atoms with Crippen molar-refractivity contribution in [1.29, 1.82) is 0 Å². The van der Waals surface area contributed by atoms with E-state index < -0.39 is 0 Å². The Bertz CT molecular complexity index is 353. The lowest BCUT2D eigenvalue weighted by molar-refractivity contribution is 1.82. The van der Waals surface area contributed by atoms with Gasteiger partial charge in [-0.1, -0.05) is 11.6 Å². The Morgan fingerprint density at radius 3 is 2.67 bits per heavy atom. The fraction of sp³-hybridized carbons (Fsp3) is 0. The largest absolute Gasteiger partial charge is 0.150 e. The molecule has 0 saturated carbocycles. The average Bonchev–Trinajstić information content (AvgIpc) is 2.59. The average molecular weight is 280 g/mol. The van der Waals surface area contributed by atoms with Crippen molar-refractivity contribution in [2.45, 2.75) is 0 Å². The van der Waals surface area contributed by atoms with Crippen molar-refractivity contribution in [2.75, 3.05) is 0 Å². The van der Waals surface area contributed by atoms with Crippen molar-refractivity contribution in [1.82, 2.24) is 0 Å². The lowest BCUT2D eigenvalue weighted by Crippen LogP contribution is -1.66. The molecule has 0 N–H and O–H groups in total. The van der Waals surface area contributed by atoms with Crippen LogP contribution in [-0.2, 0) is 0 Å². The molecule has 0 aliphatic carbocycles. The standard InChI is InChI=1S/C8H4BrClS2/c9-6-1-2-12-8(6)5-3-11-4-7(5)10/h1-4H. The highest BCUT2D eigenvalue weighted by molar-refractivity contribution is 9.10. The van der Waals surface area contributed by atoms with Crippen molar-refractivity contribution in [3.63, 3.8) is 0 Å². The minimum absolute atomic E-state index is 0.836. The van der Waals surface area contributed by atoms with Gasteiger partial charge in [-0.15, -0.1) is 11.3 Å². The molecule has 0 unspecified atom stereocenters. The van der Waals surface area contributed by atoms with Gasteiger partial charge in [0, 0.05) is 20.8 Å². The minimum atomic E-state index is 0.836. The van der Waals surface area contributed by atoms with Crippen molar-refractivity contribution >= 4 is 50.2 Å². The molecule has 12 heavy (non-hydrogen) atoms. The fourth-order valence-electron chi connectivity index (χ4n) is 0.929. The van der Waals surface area contributed by atoms with Crippen LogP contribution in [0, 0.1) is 0 Å². The van der Waals surface area contributed by atoms with Gasteiger partial charge >= 0.3 is 0 Å². The second-order valence-corrected chi connectivity index (χ2v) is 5.15.